The van der Waals surface area contributed by atoms with Gasteiger partial charge in [0.25, 0.3) is 0 Å². The SMILES string of the molecule is CNCc1cc(N(C)Cc2ccoc2)nc2ccccc12. The van der Waals surface area contributed by atoms with Gasteiger partial charge in [0, 0.05) is 31.1 Å². The highest BCUT2D eigenvalue weighted by atomic mass is 16.3. The van der Waals surface area contributed by atoms with Crippen molar-refractivity contribution in [2.24, 2.45) is 0 Å². The minimum Gasteiger partial charge on any atom is -0.472 e. The summed E-state index contributed by atoms with van der Waals surface area (Å²) in [7, 11) is 4.01. The summed E-state index contributed by atoms with van der Waals surface area (Å²) in [6.45, 7) is 1.61. The molecule has 3 rings (SSSR count). The van der Waals surface area contributed by atoms with Crippen LogP contribution in [0.15, 0.2) is 53.3 Å². The second kappa shape index (κ2) is 5.97. The number of nitrogens with zero attached hydrogens (tertiary/aromatic N) is 2. The fourth-order valence-electron chi connectivity index (χ4n) is 2.50. The zero-order chi connectivity index (χ0) is 14.7. The molecule has 3 aromatic rings. The van der Waals surface area contributed by atoms with Crippen LogP contribution in [-0.2, 0) is 13.1 Å². The Morgan fingerprint density at radius 3 is 2.86 bits per heavy atom. The van der Waals surface area contributed by atoms with Crippen LogP contribution >= 0.6 is 0 Å². The molecule has 0 aliphatic carbocycles. The number of benzene rings is 1. The van der Waals surface area contributed by atoms with E-state index < -0.39 is 0 Å². The Balaban J connectivity index is 1.98. The van der Waals surface area contributed by atoms with Crippen molar-refractivity contribution >= 4 is 16.7 Å². The van der Waals surface area contributed by atoms with Gasteiger partial charge in [-0.2, -0.15) is 0 Å². The predicted octanol–water partition coefficient (Wildman–Crippen LogP) is 3.18. The fourth-order valence-corrected chi connectivity index (χ4v) is 2.50. The average Bonchev–Trinajstić information content (AvgIpc) is 3.00. The van der Waals surface area contributed by atoms with Gasteiger partial charge in [-0.3, -0.25) is 0 Å². The Kier molecular flexibility index (Phi) is 3.88. The largest absolute Gasteiger partial charge is 0.472 e. The molecule has 1 aromatic carbocycles. The Morgan fingerprint density at radius 1 is 1.24 bits per heavy atom. The van der Waals surface area contributed by atoms with Gasteiger partial charge >= 0.3 is 0 Å². The van der Waals surface area contributed by atoms with Crippen molar-refractivity contribution in [3.8, 4) is 0 Å². The van der Waals surface area contributed by atoms with E-state index in [1.54, 1.807) is 12.5 Å². The summed E-state index contributed by atoms with van der Waals surface area (Å²) >= 11 is 0. The van der Waals surface area contributed by atoms with Crippen molar-refractivity contribution in [2.75, 3.05) is 19.0 Å². The lowest BCUT2D eigenvalue weighted by Gasteiger charge is -2.19. The molecule has 0 aliphatic heterocycles. The van der Waals surface area contributed by atoms with Gasteiger partial charge < -0.3 is 14.6 Å². The van der Waals surface area contributed by atoms with Crippen LogP contribution in [0.3, 0.4) is 0 Å². The number of hydrogen-bond acceptors (Lipinski definition) is 4. The molecule has 0 atom stereocenters. The first kappa shape index (κ1) is 13.6. The molecule has 108 valence electrons. The Hall–Kier alpha value is -2.33. The van der Waals surface area contributed by atoms with E-state index in [1.807, 2.05) is 26.2 Å². The van der Waals surface area contributed by atoms with Crippen LogP contribution in [0, 0.1) is 0 Å². The maximum atomic E-state index is 5.13. The number of pyridine rings is 1. The summed E-state index contributed by atoms with van der Waals surface area (Å²) in [5.41, 5.74) is 3.43. The number of fused-ring (bicyclic) bond motifs is 1. The molecule has 2 heterocycles. The zero-order valence-corrected chi connectivity index (χ0v) is 12.3. The van der Waals surface area contributed by atoms with Crippen LogP contribution in [-0.4, -0.2) is 19.1 Å². The van der Waals surface area contributed by atoms with Crippen molar-refractivity contribution in [1.82, 2.24) is 10.3 Å². The van der Waals surface area contributed by atoms with E-state index in [2.05, 4.69) is 34.5 Å². The molecule has 2 aromatic heterocycles. The van der Waals surface area contributed by atoms with Gasteiger partial charge in [0.05, 0.1) is 18.0 Å². The molecule has 0 unspecified atom stereocenters. The van der Waals surface area contributed by atoms with Gasteiger partial charge in [0.2, 0.25) is 0 Å². The van der Waals surface area contributed by atoms with Crippen molar-refractivity contribution in [1.29, 1.82) is 0 Å². The lowest BCUT2D eigenvalue weighted by Crippen LogP contribution is -2.18. The quantitative estimate of drug-likeness (QED) is 0.780. The first-order valence-corrected chi connectivity index (χ1v) is 7.03. The molecule has 21 heavy (non-hydrogen) atoms. The Morgan fingerprint density at radius 2 is 2.10 bits per heavy atom. The number of para-hydroxylation sites is 1. The first-order chi connectivity index (χ1) is 10.3. The minimum atomic E-state index is 0.779. The van der Waals surface area contributed by atoms with Gasteiger partial charge in [-0.25, -0.2) is 4.98 Å². The minimum absolute atomic E-state index is 0.779. The third-order valence-corrected chi connectivity index (χ3v) is 3.55. The monoisotopic (exact) mass is 281 g/mol. The van der Waals surface area contributed by atoms with Gasteiger partial charge in [-0.1, -0.05) is 18.2 Å². The van der Waals surface area contributed by atoms with Gasteiger partial charge in [-0.05, 0) is 30.8 Å². The molecule has 0 bridgehead atoms. The molecule has 0 saturated heterocycles. The standard InChI is InChI=1S/C17H19N3O/c1-18-10-14-9-17(19-16-6-4-3-5-15(14)16)20(2)11-13-7-8-21-12-13/h3-9,12,18H,10-11H2,1-2H3. The summed E-state index contributed by atoms with van der Waals surface area (Å²) in [6, 6.07) is 12.4. The summed E-state index contributed by atoms with van der Waals surface area (Å²) in [5, 5.41) is 4.43. The van der Waals surface area contributed by atoms with Crippen molar-refractivity contribution in [2.45, 2.75) is 13.1 Å². The van der Waals surface area contributed by atoms with Crippen LogP contribution in [0.25, 0.3) is 10.9 Å². The van der Waals surface area contributed by atoms with Gasteiger partial charge in [0.1, 0.15) is 5.82 Å². The molecular weight excluding hydrogens is 262 g/mol. The smallest absolute Gasteiger partial charge is 0.129 e. The van der Waals surface area contributed by atoms with Crippen LogP contribution in [0.1, 0.15) is 11.1 Å². The van der Waals surface area contributed by atoms with E-state index in [1.165, 1.54) is 10.9 Å². The molecular formula is C17H19N3O. The number of rotatable bonds is 5. The summed E-state index contributed by atoms with van der Waals surface area (Å²) in [4.78, 5) is 6.90. The highest BCUT2D eigenvalue weighted by Gasteiger charge is 2.09. The van der Waals surface area contributed by atoms with Crippen LogP contribution in [0.2, 0.25) is 0 Å². The van der Waals surface area contributed by atoms with Crippen molar-refractivity contribution < 1.29 is 4.42 Å². The lowest BCUT2D eigenvalue weighted by molar-refractivity contribution is 0.563. The molecule has 0 radical (unpaired) electrons. The number of nitrogens with one attached hydrogen (secondary N) is 1. The van der Waals surface area contributed by atoms with E-state index in [0.717, 1.165) is 30.0 Å². The third-order valence-electron chi connectivity index (χ3n) is 3.55. The van der Waals surface area contributed by atoms with E-state index >= 15 is 0 Å². The second-order valence-corrected chi connectivity index (χ2v) is 5.17. The summed E-state index contributed by atoms with van der Waals surface area (Å²) in [6.07, 6.45) is 3.47. The third kappa shape index (κ3) is 2.90. The van der Waals surface area contributed by atoms with Crippen LogP contribution in [0.4, 0.5) is 5.82 Å². The molecule has 1 N–H and O–H groups in total. The predicted molar refractivity (Wildman–Crippen MR) is 85.3 cm³/mol. The highest BCUT2D eigenvalue weighted by Crippen LogP contribution is 2.23. The first-order valence-electron chi connectivity index (χ1n) is 7.03. The lowest BCUT2D eigenvalue weighted by atomic mass is 10.1. The maximum absolute atomic E-state index is 5.13. The molecule has 0 amide bonds. The van der Waals surface area contributed by atoms with E-state index in [-0.39, 0.29) is 0 Å². The number of anilines is 1. The van der Waals surface area contributed by atoms with E-state index in [0.29, 0.717) is 0 Å². The summed E-state index contributed by atoms with van der Waals surface area (Å²) < 4.78 is 5.13. The number of hydrogen-bond donors (Lipinski definition) is 1. The molecule has 0 fully saturated rings. The average molecular weight is 281 g/mol. The second-order valence-electron chi connectivity index (χ2n) is 5.17. The normalized spacial score (nSPS) is 11.0. The molecule has 4 heteroatoms. The molecule has 4 nitrogen and oxygen atoms in total. The fraction of sp³-hybridized carbons (Fsp3) is 0.235. The van der Waals surface area contributed by atoms with Gasteiger partial charge in [0.15, 0.2) is 0 Å². The topological polar surface area (TPSA) is 41.3 Å². The Labute approximate surface area is 124 Å². The molecule has 0 spiro atoms. The maximum Gasteiger partial charge on any atom is 0.129 e. The van der Waals surface area contributed by atoms with Gasteiger partial charge in [-0.15, -0.1) is 0 Å². The highest BCUT2D eigenvalue weighted by molar-refractivity contribution is 5.84. The molecule has 0 aliphatic rings. The molecule has 0 saturated carbocycles. The van der Waals surface area contributed by atoms with Crippen molar-refractivity contribution in [3.63, 3.8) is 0 Å². The van der Waals surface area contributed by atoms with Crippen LogP contribution < -0.4 is 10.2 Å². The van der Waals surface area contributed by atoms with Crippen molar-refractivity contribution in [3.05, 3.63) is 60.1 Å². The van der Waals surface area contributed by atoms with E-state index in [4.69, 9.17) is 9.40 Å². The van der Waals surface area contributed by atoms with Crippen LogP contribution in [0.5, 0.6) is 0 Å². The van der Waals surface area contributed by atoms with E-state index in [9.17, 15) is 0 Å². The number of furan rings is 1. The summed E-state index contributed by atoms with van der Waals surface area (Å²) in [5.74, 6) is 0.972. The Bertz CT molecular complexity index is 722. The zero-order valence-electron chi connectivity index (χ0n) is 12.3. The number of aromatic nitrogens is 1.